The van der Waals surface area contributed by atoms with E-state index in [9.17, 15) is 14.0 Å². The fourth-order valence-corrected chi connectivity index (χ4v) is 3.87. The van der Waals surface area contributed by atoms with Gasteiger partial charge in [-0.2, -0.15) is 9.78 Å². The summed E-state index contributed by atoms with van der Waals surface area (Å²) in [5.74, 6) is 0.0609. The maximum Gasteiger partial charge on any atom is 0.253 e. The first-order chi connectivity index (χ1) is 15.7. The molecule has 1 aliphatic rings. The maximum absolute atomic E-state index is 13.2. The van der Waals surface area contributed by atoms with Crippen LogP contribution in [-0.2, 0) is 10.2 Å². The Labute approximate surface area is 192 Å². The number of nitrogens with one attached hydrogen (secondary N) is 1. The Kier molecular flexibility index (Phi) is 6.26. The molecule has 1 aliphatic heterocycles. The third-order valence-electron chi connectivity index (χ3n) is 5.77. The van der Waals surface area contributed by atoms with Crippen LogP contribution in [0.4, 0.5) is 10.2 Å². The van der Waals surface area contributed by atoms with Crippen LogP contribution in [-0.4, -0.2) is 44.6 Å². The fraction of sp³-hybridized carbons (Fsp3) is 0.360. The van der Waals surface area contributed by atoms with Gasteiger partial charge >= 0.3 is 0 Å². The number of benzene rings is 1. The van der Waals surface area contributed by atoms with E-state index >= 15 is 0 Å². The van der Waals surface area contributed by atoms with Gasteiger partial charge in [0.15, 0.2) is 5.82 Å². The van der Waals surface area contributed by atoms with E-state index in [1.807, 2.05) is 24.3 Å². The lowest BCUT2D eigenvalue weighted by Gasteiger charge is -2.32. The second-order valence-electron chi connectivity index (χ2n) is 9.35. The number of rotatable bonds is 4. The van der Waals surface area contributed by atoms with Crippen LogP contribution in [0, 0.1) is 11.7 Å². The molecule has 2 aromatic heterocycles. The number of amides is 2. The summed E-state index contributed by atoms with van der Waals surface area (Å²) >= 11 is 0. The van der Waals surface area contributed by atoms with Crippen LogP contribution < -0.4 is 5.32 Å². The standard InChI is InChI=1S/C25H28FN5O2/c1-25(2,3)20-15-22(31(29-20)21-8-4-5-13-27-21)28-23(32)18-7-6-14-30(16-18)24(33)17-9-11-19(26)12-10-17/h4-5,8-13,15,18H,6-7,14,16H2,1-3H3,(H,28,32). The average Bonchev–Trinajstić information content (AvgIpc) is 3.24. The van der Waals surface area contributed by atoms with Gasteiger partial charge in [0.2, 0.25) is 5.91 Å². The number of carbonyl (C=O) groups is 2. The molecule has 1 fully saturated rings. The van der Waals surface area contributed by atoms with E-state index in [-0.39, 0.29) is 29.0 Å². The highest BCUT2D eigenvalue weighted by Crippen LogP contribution is 2.27. The zero-order valence-electron chi connectivity index (χ0n) is 19.1. The monoisotopic (exact) mass is 449 g/mol. The summed E-state index contributed by atoms with van der Waals surface area (Å²) < 4.78 is 14.9. The van der Waals surface area contributed by atoms with Gasteiger partial charge in [-0.1, -0.05) is 26.8 Å². The Bertz CT molecular complexity index is 1140. The lowest BCUT2D eigenvalue weighted by atomic mass is 9.92. The van der Waals surface area contributed by atoms with Crippen LogP contribution in [0.15, 0.2) is 54.7 Å². The molecule has 0 spiro atoms. The number of hydrogen-bond acceptors (Lipinski definition) is 4. The van der Waals surface area contributed by atoms with E-state index in [0.717, 1.165) is 12.1 Å². The molecule has 3 aromatic rings. The first-order valence-corrected chi connectivity index (χ1v) is 11.1. The minimum atomic E-state index is -0.387. The van der Waals surface area contributed by atoms with Gasteiger partial charge in [0.25, 0.3) is 5.91 Å². The van der Waals surface area contributed by atoms with Gasteiger partial charge in [-0.05, 0) is 49.2 Å². The minimum absolute atomic E-state index is 0.163. The Balaban J connectivity index is 1.52. The molecule has 172 valence electrons. The second-order valence-corrected chi connectivity index (χ2v) is 9.35. The van der Waals surface area contributed by atoms with E-state index in [4.69, 9.17) is 0 Å². The van der Waals surface area contributed by atoms with Gasteiger partial charge in [-0.15, -0.1) is 0 Å². The van der Waals surface area contributed by atoms with E-state index in [1.165, 1.54) is 24.3 Å². The first-order valence-electron chi connectivity index (χ1n) is 11.1. The number of hydrogen-bond donors (Lipinski definition) is 1. The Morgan fingerprint density at radius 2 is 1.88 bits per heavy atom. The van der Waals surface area contributed by atoms with E-state index in [0.29, 0.717) is 36.7 Å². The number of anilines is 1. The minimum Gasteiger partial charge on any atom is -0.338 e. The van der Waals surface area contributed by atoms with Crippen molar-refractivity contribution >= 4 is 17.6 Å². The van der Waals surface area contributed by atoms with Gasteiger partial charge in [0.1, 0.15) is 11.6 Å². The highest BCUT2D eigenvalue weighted by Gasteiger charge is 2.30. The predicted octanol–water partition coefficient (Wildman–Crippen LogP) is 4.19. The van der Waals surface area contributed by atoms with Crippen LogP contribution in [0.3, 0.4) is 0 Å². The molecule has 0 saturated carbocycles. The van der Waals surface area contributed by atoms with Gasteiger partial charge in [-0.25, -0.2) is 9.37 Å². The van der Waals surface area contributed by atoms with Crippen molar-refractivity contribution in [3.05, 3.63) is 71.8 Å². The molecule has 1 unspecified atom stereocenters. The summed E-state index contributed by atoms with van der Waals surface area (Å²) in [5.41, 5.74) is 1.05. The summed E-state index contributed by atoms with van der Waals surface area (Å²) in [6.07, 6.45) is 3.08. The second kappa shape index (κ2) is 9.13. The highest BCUT2D eigenvalue weighted by atomic mass is 19.1. The lowest BCUT2D eigenvalue weighted by molar-refractivity contribution is -0.121. The third kappa shape index (κ3) is 5.10. The Morgan fingerprint density at radius 1 is 1.12 bits per heavy atom. The number of halogens is 1. The number of likely N-dealkylation sites (tertiary alicyclic amines) is 1. The summed E-state index contributed by atoms with van der Waals surface area (Å²) in [4.78, 5) is 32.1. The largest absolute Gasteiger partial charge is 0.338 e. The van der Waals surface area contributed by atoms with Crippen molar-refractivity contribution < 1.29 is 14.0 Å². The molecular formula is C25H28FN5O2. The topological polar surface area (TPSA) is 80.1 Å². The summed E-state index contributed by atoms with van der Waals surface area (Å²) in [6, 6.07) is 12.9. The molecule has 3 heterocycles. The Morgan fingerprint density at radius 3 is 2.55 bits per heavy atom. The van der Waals surface area contributed by atoms with Crippen LogP contribution in [0.2, 0.25) is 0 Å². The molecule has 8 heteroatoms. The number of pyridine rings is 1. The van der Waals surface area contributed by atoms with Crippen LogP contribution in [0.25, 0.3) is 5.82 Å². The molecule has 1 N–H and O–H groups in total. The Hall–Kier alpha value is -3.55. The van der Waals surface area contributed by atoms with Gasteiger partial charge in [0, 0.05) is 36.3 Å². The molecule has 0 bridgehead atoms. The SMILES string of the molecule is CC(C)(C)c1cc(NC(=O)C2CCCN(C(=O)c3ccc(F)cc3)C2)n(-c2ccccn2)n1. The number of nitrogens with zero attached hydrogens (tertiary/aromatic N) is 4. The van der Waals surface area contributed by atoms with Crippen molar-refractivity contribution in [3.63, 3.8) is 0 Å². The van der Waals surface area contributed by atoms with Crippen molar-refractivity contribution in [1.82, 2.24) is 19.7 Å². The van der Waals surface area contributed by atoms with Crippen LogP contribution in [0.5, 0.6) is 0 Å². The summed E-state index contributed by atoms with van der Waals surface area (Å²) in [7, 11) is 0. The van der Waals surface area contributed by atoms with E-state index in [2.05, 4.69) is 36.2 Å². The van der Waals surface area contributed by atoms with Gasteiger partial charge in [0.05, 0.1) is 11.6 Å². The smallest absolute Gasteiger partial charge is 0.253 e. The molecule has 33 heavy (non-hydrogen) atoms. The number of aromatic nitrogens is 3. The predicted molar refractivity (Wildman–Crippen MR) is 124 cm³/mol. The van der Waals surface area contributed by atoms with Crippen LogP contribution in [0.1, 0.15) is 49.7 Å². The van der Waals surface area contributed by atoms with Crippen molar-refractivity contribution in [2.24, 2.45) is 5.92 Å². The molecule has 2 amide bonds. The molecule has 1 saturated heterocycles. The van der Waals surface area contributed by atoms with Crippen molar-refractivity contribution in [1.29, 1.82) is 0 Å². The van der Waals surface area contributed by atoms with E-state index in [1.54, 1.807) is 15.8 Å². The summed E-state index contributed by atoms with van der Waals surface area (Å²) in [5, 5.41) is 7.70. The highest BCUT2D eigenvalue weighted by molar-refractivity contribution is 5.96. The lowest BCUT2D eigenvalue weighted by Crippen LogP contribution is -2.43. The molecule has 1 aromatic carbocycles. The average molecular weight is 450 g/mol. The molecular weight excluding hydrogens is 421 g/mol. The number of piperidine rings is 1. The fourth-order valence-electron chi connectivity index (χ4n) is 3.87. The molecule has 0 radical (unpaired) electrons. The normalized spacial score (nSPS) is 16.5. The van der Waals surface area contributed by atoms with Gasteiger partial charge < -0.3 is 10.2 Å². The van der Waals surface area contributed by atoms with E-state index < -0.39 is 0 Å². The van der Waals surface area contributed by atoms with Gasteiger partial charge in [-0.3, -0.25) is 9.59 Å². The molecule has 4 rings (SSSR count). The quantitative estimate of drug-likeness (QED) is 0.648. The van der Waals surface area contributed by atoms with Crippen molar-refractivity contribution in [2.75, 3.05) is 18.4 Å². The molecule has 0 aliphatic carbocycles. The third-order valence-corrected chi connectivity index (χ3v) is 5.77. The number of carbonyl (C=O) groups excluding carboxylic acids is 2. The maximum atomic E-state index is 13.2. The van der Waals surface area contributed by atoms with Crippen LogP contribution >= 0.6 is 0 Å². The zero-order valence-corrected chi connectivity index (χ0v) is 19.1. The zero-order chi connectivity index (χ0) is 23.6. The molecule has 7 nitrogen and oxygen atoms in total. The van der Waals surface area contributed by atoms with Crippen molar-refractivity contribution in [3.8, 4) is 5.82 Å². The molecule has 1 atom stereocenters. The summed E-state index contributed by atoms with van der Waals surface area (Å²) in [6.45, 7) is 7.06. The first kappa shape index (κ1) is 22.6. The van der Waals surface area contributed by atoms with Crippen molar-refractivity contribution in [2.45, 2.75) is 39.0 Å².